The molecular formula is C24H22N4O6S3. The standard InChI is InChI=1S/C24H22N4O6S3/c1-12-4-3-5-15(8-12)33-9-16-6-7-17(34-16)20(29)25-18-21(30)28-19(23(31)32)14(10-35-22(18)28)11-36-24-27-26-13(2)37-24/h3-8,18,22H,9-11H2,1-2H3,(H,25,29)(H,31,32). The number of carbonyl (C=O) groups excluding carboxylic acids is 2. The molecule has 0 aliphatic carbocycles. The van der Waals surface area contributed by atoms with Crippen LogP contribution in [-0.2, 0) is 16.2 Å². The maximum atomic E-state index is 12.9. The molecule has 10 nitrogen and oxygen atoms in total. The predicted octanol–water partition coefficient (Wildman–Crippen LogP) is 3.47. The van der Waals surface area contributed by atoms with E-state index in [4.69, 9.17) is 9.15 Å². The first-order chi connectivity index (χ1) is 17.8. The minimum atomic E-state index is -1.17. The van der Waals surface area contributed by atoms with E-state index in [0.717, 1.165) is 14.9 Å². The van der Waals surface area contributed by atoms with E-state index < -0.39 is 29.2 Å². The second-order valence-electron chi connectivity index (χ2n) is 8.37. The molecule has 192 valence electrons. The molecule has 2 amide bonds. The monoisotopic (exact) mass is 558 g/mol. The lowest BCUT2D eigenvalue weighted by atomic mass is 10.0. The minimum Gasteiger partial charge on any atom is -0.486 e. The molecule has 1 aromatic carbocycles. The Morgan fingerprint density at radius 1 is 1.27 bits per heavy atom. The summed E-state index contributed by atoms with van der Waals surface area (Å²) in [4.78, 5) is 39.0. The number of ether oxygens (including phenoxy) is 1. The highest BCUT2D eigenvalue weighted by molar-refractivity contribution is 8.01. The lowest BCUT2D eigenvalue weighted by Gasteiger charge is -2.49. The molecule has 0 bridgehead atoms. The van der Waals surface area contributed by atoms with Gasteiger partial charge in [0.1, 0.15) is 40.2 Å². The molecule has 0 saturated carbocycles. The average Bonchev–Trinajstić information content (AvgIpc) is 3.53. The number of nitrogens with zero attached hydrogens (tertiary/aromatic N) is 3. The molecule has 2 aromatic heterocycles. The number of fused-ring (bicyclic) bond motifs is 1. The van der Waals surface area contributed by atoms with Crippen molar-refractivity contribution in [1.29, 1.82) is 0 Å². The Morgan fingerprint density at radius 3 is 2.84 bits per heavy atom. The van der Waals surface area contributed by atoms with Crippen molar-refractivity contribution in [1.82, 2.24) is 20.4 Å². The van der Waals surface area contributed by atoms with Gasteiger partial charge in [0.2, 0.25) is 0 Å². The molecule has 0 spiro atoms. The van der Waals surface area contributed by atoms with Gasteiger partial charge in [-0.15, -0.1) is 22.0 Å². The number of aliphatic carboxylic acids is 1. The van der Waals surface area contributed by atoms with Crippen molar-refractivity contribution in [3.8, 4) is 5.75 Å². The lowest BCUT2D eigenvalue weighted by Crippen LogP contribution is -2.70. The molecule has 3 aromatic rings. The number of nitrogens with one attached hydrogen (secondary N) is 1. The summed E-state index contributed by atoms with van der Waals surface area (Å²) in [6, 6.07) is 9.90. The Kier molecular flexibility index (Phi) is 7.26. The third kappa shape index (κ3) is 5.38. The van der Waals surface area contributed by atoms with E-state index in [0.29, 0.717) is 28.6 Å². The van der Waals surface area contributed by atoms with E-state index >= 15 is 0 Å². The molecule has 37 heavy (non-hydrogen) atoms. The molecule has 2 aliphatic heterocycles. The maximum Gasteiger partial charge on any atom is 0.352 e. The zero-order valence-electron chi connectivity index (χ0n) is 19.8. The van der Waals surface area contributed by atoms with Crippen LogP contribution >= 0.6 is 34.9 Å². The minimum absolute atomic E-state index is 0.0263. The number of benzene rings is 1. The number of aromatic nitrogens is 2. The van der Waals surface area contributed by atoms with Gasteiger partial charge >= 0.3 is 5.97 Å². The summed E-state index contributed by atoms with van der Waals surface area (Å²) in [5.74, 6) is -0.170. The first-order valence-electron chi connectivity index (χ1n) is 11.2. The molecule has 2 N–H and O–H groups in total. The molecule has 4 heterocycles. The quantitative estimate of drug-likeness (QED) is 0.297. The van der Waals surface area contributed by atoms with Crippen molar-refractivity contribution in [2.24, 2.45) is 0 Å². The van der Waals surface area contributed by atoms with Gasteiger partial charge in [-0.3, -0.25) is 14.5 Å². The normalized spacial score (nSPS) is 18.9. The van der Waals surface area contributed by atoms with Crippen molar-refractivity contribution in [2.45, 2.75) is 36.2 Å². The van der Waals surface area contributed by atoms with Crippen molar-refractivity contribution >= 4 is 52.6 Å². The molecule has 2 atom stereocenters. The van der Waals surface area contributed by atoms with Crippen molar-refractivity contribution in [3.05, 3.63) is 69.8 Å². The van der Waals surface area contributed by atoms with Gasteiger partial charge < -0.3 is 19.6 Å². The van der Waals surface area contributed by atoms with Gasteiger partial charge in [0.05, 0.1) is 0 Å². The molecule has 2 unspecified atom stereocenters. The second kappa shape index (κ2) is 10.6. The predicted molar refractivity (Wildman–Crippen MR) is 139 cm³/mol. The van der Waals surface area contributed by atoms with Gasteiger partial charge in [-0.25, -0.2) is 4.79 Å². The number of carbonyl (C=O) groups is 3. The molecule has 2 aliphatic rings. The molecule has 0 radical (unpaired) electrons. The third-order valence-corrected chi connectivity index (χ3v) is 9.07. The molecule has 1 saturated heterocycles. The summed E-state index contributed by atoms with van der Waals surface area (Å²) >= 11 is 4.24. The molecule has 5 rings (SSSR count). The Hall–Kier alpha value is -3.29. The van der Waals surface area contributed by atoms with Crippen LogP contribution in [0.3, 0.4) is 0 Å². The van der Waals surface area contributed by atoms with Gasteiger partial charge in [0, 0.05) is 11.5 Å². The van der Waals surface area contributed by atoms with Crippen LogP contribution in [0.4, 0.5) is 0 Å². The van der Waals surface area contributed by atoms with E-state index in [2.05, 4.69) is 15.5 Å². The SMILES string of the molecule is Cc1cccc(OCc2ccc(C(=O)NC3C(=O)N4C(C(=O)O)=C(CSc5nnc(C)s5)CSC34)o2)c1. The Bertz CT molecular complexity index is 1400. The van der Waals surface area contributed by atoms with Crippen LogP contribution in [0.15, 0.2) is 56.4 Å². The number of hydrogen-bond donors (Lipinski definition) is 2. The number of furan rings is 1. The summed E-state index contributed by atoms with van der Waals surface area (Å²) in [5, 5.41) is 20.9. The van der Waals surface area contributed by atoms with Crippen LogP contribution in [0, 0.1) is 13.8 Å². The first-order valence-corrected chi connectivity index (χ1v) is 14.1. The summed E-state index contributed by atoms with van der Waals surface area (Å²) in [7, 11) is 0. The Morgan fingerprint density at radius 2 is 2.11 bits per heavy atom. The lowest BCUT2D eigenvalue weighted by molar-refractivity contribution is -0.148. The number of aryl methyl sites for hydroxylation is 2. The van der Waals surface area contributed by atoms with E-state index in [1.54, 1.807) is 6.07 Å². The number of hydrogen-bond acceptors (Lipinski definition) is 10. The van der Waals surface area contributed by atoms with Crippen LogP contribution in [0.1, 0.15) is 26.9 Å². The van der Waals surface area contributed by atoms with Crippen molar-refractivity contribution in [3.63, 3.8) is 0 Å². The topological polar surface area (TPSA) is 135 Å². The van der Waals surface area contributed by atoms with Gasteiger partial charge in [-0.2, -0.15) is 0 Å². The van der Waals surface area contributed by atoms with Crippen LogP contribution in [0.2, 0.25) is 0 Å². The summed E-state index contributed by atoms with van der Waals surface area (Å²) in [6.45, 7) is 3.96. The smallest absolute Gasteiger partial charge is 0.352 e. The number of carboxylic acid groups (broad SMARTS) is 1. The highest BCUT2D eigenvalue weighted by Crippen LogP contribution is 2.41. The Labute approximate surface area is 224 Å². The van der Waals surface area contributed by atoms with E-state index in [1.165, 1.54) is 45.8 Å². The number of rotatable bonds is 9. The number of amides is 2. The fourth-order valence-corrected chi connectivity index (χ4v) is 7.23. The van der Waals surface area contributed by atoms with Crippen molar-refractivity contribution < 1.29 is 28.6 Å². The molecule has 1 fully saturated rings. The highest BCUT2D eigenvalue weighted by atomic mass is 32.2. The van der Waals surface area contributed by atoms with Crippen LogP contribution in [-0.4, -0.2) is 60.9 Å². The molecule has 13 heteroatoms. The first kappa shape index (κ1) is 25.4. The summed E-state index contributed by atoms with van der Waals surface area (Å²) in [6.07, 6.45) is 0. The van der Waals surface area contributed by atoms with Gasteiger partial charge in [-0.05, 0) is 49.2 Å². The second-order valence-corrected chi connectivity index (χ2v) is 11.9. The zero-order valence-corrected chi connectivity index (χ0v) is 22.2. The Balaban J connectivity index is 1.21. The summed E-state index contributed by atoms with van der Waals surface area (Å²) < 4.78 is 12.0. The van der Waals surface area contributed by atoms with Crippen molar-refractivity contribution in [2.75, 3.05) is 11.5 Å². The van der Waals surface area contributed by atoms with E-state index in [1.807, 2.05) is 38.1 Å². The van der Waals surface area contributed by atoms with Gasteiger partial charge in [0.15, 0.2) is 10.1 Å². The van der Waals surface area contributed by atoms with E-state index in [-0.39, 0.29) is 18.1 Å². The fourth-order valence-electron chi connectivity index (χ4n) is 3.93. The average molecular weight is 559 g/mol. The van der Waals surface area contributed by atoms with Crippen LogP contribution < -0.4 is 10.1 Å². The fraction of sp³-hybridized carbons (Fsp3) is 0.292. The zero-order chi connectivity index (χ0) is 26.1. The largest absolute Gasteiger partial charge is 0.486 e. The van der Waals surface area contributed by atoms with Gasteiger partial charge in [-0.1, -0.05) is 35.2 Å². The number of β-lactam (4-membered cyclic amide) rings is 1. The highest BCUT2D eigenvalue weighted by Gasteiger charge is 2.54. The number of carboxylic acids is 1. The van der Waals surface area contributed by atoms with Gasteiger partial charge in [0.25, 0.3) is 11.8 Å². The van der Waals surface area contributed by atoms with E-state index in [9.17, 15) is 19.5 Å². The molecular weight excluding hydrogens is 536 g/mol. The maximum absolute atomic E-state index is 12.9. The summed E-state index contributed by atoms with van der Waals surface area (Å²) in [5.41, 5.74) is 1.67. The number of thioether (sulfide) groups is 2. The third-order valence-electron chi connectivity index (χ3n) is 5.67. The van der Waals surface area contributed by atoms with Crippen LogP contribution in [0.5, 0.6) is 5.75 Å². The van der Waals surface area contributed by atoms with Crippen LogP contribution in [0.25, 0.3) is 0 Å².